The number of carbonyl (C=O) groups is 1. The van der Waals surface area contributed by atoms with Gasteiger partial charge in [0, 0.05) is 6.20 Å². The van der Waals surface area contributed by atoms with Gasteiger partial charge in [-0.1, -0.05) is 48.5 Å². The molecule has 2 aromatic carbocycles. The van der Waals surface area contributed by atoms with Gasteiger partial charge in [-0.25, -0.2) is 4.98 Å². The van der Waals surface area contributed by atoms with Gasteiger partial charge in [0.05, 0.1) is 0 Å². The van der Waals surface area contributed by atoms with Crippen molar-refractivity contribution in [2.75, 3.05) is 5.32 Å². The smallest absolute Gasteiger partial charge is 0.267 e. The molecule has 0 aliphatic rings. The first-order valence-electron chi connectivity index (χ1n) is 8.35. The van der Waals surface area contributed by atoms with Crippen LogP contribution >= 0.6 is 0 Å². The van der Waals surface area contributed by atoms with Gasteiger partial charge in [0.25, 0.3) is 5.91 Å². The summed E-state index contributed by atoms with van der Waals surface area (Å²) < 4.78 is 5.73. The third-order valence-electron chi connectivity index (χ3n) is 3.71. The van der Waals surface area contributed by atoms with E-state index in [-0.39, 0.29) is 5.57 Å². The molecule has 0 unspecified atom stereocenters. The van der Waals surface area contributed by atoms with Crippen LogP contribution in [0.5, 0.6) is 5.75 Å². The van der Waals surface area contributed by atoms with Gasteiger partial charge in [-0.3, -0.25) is 4.79 Å². The number of rotatable bonds is 6. The fourth-order valence-electron chi connectivity index (χ4n) is 2.34. The fourth-order valence-corrected chi connectivity index (χ4v) is 2.34. The van der Waals surface area contributed by atoms with E-state index in [1.807, 2.05) is 36.4 Å². The molecule has 1 aromatic heterocycles. The molecule has 0 saturated carbocycles. The Hall–Kier alpha value is -3.91. The zero-order chi connectivity index (χ0) is 18.9. The molecule has 3 rings (SSSR count). The highest BCUT2D eigenvalue weighted by Crippen LogP contribution is 2.16. The highest BCUT2D eigenvalue weighted by molar-refractivity contribution is 6.09. The van der Waals surface area contributed by atoms with Crippen LogP contribution in [0.25, 0.3) is 6.08 Å². The molecule has 0 fully saturated rings. The van der Waals surface area contributed by atoms with Crippen LogP contribution in [0.2, 0.25) is 0 Å². The molecule has 1 heterocycles. The van der Waals surface area contributed by atoms with Gasteiger partial charge in [-0.2, -0.15) is 5.26 Å². The van der Waals surface area contributed by atoms with Crippen LogP contribution in [-0.4, -0.2) is 10.9 Å². The fraction of sp³-hybridized carbons (Fsp3) is 0.0455. The quantitative estimate of drug-likeness (QED) is 0.531. The van der Waals surface area contributed by atoms with E-state index >= 15 is 0 Å². The molecule has 0 saturated heterocycles. The summed E-state index contributed by atoms with van der Waals surface area (Å²) in [6.45, 7) is 0.478. The van der Waals surface area contributed by atoms with Crippen LogP contribution in [0.15, 0.2) is 84.6 Å². The van der Waals surface area contributed by atoms with E-state index in [4.69, 9.17) is 4.74 Å². The number of pyridine rings is 1. The van der Waals surface area contributed by atoms with E-state index in [9.17, 15) is 10.1 Å². The third-order valence-corrected chi connectivity index (χ3v) is 3.71. The predicted molar refractivity (Wildman–Crippen MR) is 104 cm³/mol. The number of carbonyl (C=O) groups excluding carboxylic acids is 1. The molecule has 5 nitrogen and oxygen atoms in total. The lowest BCUT2D eigenvalue weighted by atomic mass is 10.1. The molecule has 0 aliphatic heterocycles. The summed E-state index contributed by atoms with van der Waals surface area (Å²) in [6.07, 6.45) is 3.10. The van der Waals surface area contributed by atoms with Crippen molar-refractivity contribution in [2.45, 2.75) is 6.61 Å². The molecule has 0 radical (unpaired) electrons. The first kappa shape index (κ1) is 17.9. The van der Waals surface area contributed by atoms with Crippen molar-refractivity contribution in [3.05, 3.63) is 95.7 Å². The second-order valence-electron chi connectivity index (χ2n) is 5.68. The number of benzene rings is 2. The molecular formula is C22H17N3O2. The zero-order valence-electron chi connectivity index (χ0n) is 14.5. The van der Waals surface area contributed by atoms with Crippen molar-refractivity contribution >= 4 is 17.8 Å². The lowest BCUT2D eigenvalue weighted by molar-refractivity contribution is -0.112. The Kier molecular flexibility index (Phi) is 5.95. The molecular weight excluding hydrogens is 338 g/mol. The van der Waals surface area contributed by atoms with Crippen molar-refractivity contribution in [2.24, 2.45) is 0 Å². The van der Waals surface area contributed by atoms with Crippen LogP contribution in [-0.2, 0) is 11.4 Å². The van der Waals surface area contributed by atoms with E-state index in [1.165, 1.54) is 6.08 Å². The first-order chi connectivity index (χ1) is 13.2. The van der Waals surface area contributed by atoms with Crippen molar-refractivity contribution in [1.29, 1.82) is 5.26 Å². The molecule has 27 heavy (non-hydrogen) atoms. The molecule has 5 heteroatoms. The summed E-state index contributed by atoms with van der Waals surface area (Å²) in [5.41, 5.74) is 1.81. The highest BCUT2D eigenvalue weighted by atomic mass is 16.5. The second kappa shape index (κ2) is 8.97. The van der Waals surface area contributed by atoms with E-state index in [2.05, 4.69) is 10.3 Å². The molecule has 1 amide bonds. The van der Waals surface area contributed by atoms with E-state index in [1.54, 1.807) is 48.7 Å². The number of amides is 1. The first-order valence-corrected chi connectivity index (χ1v) is 8.35. The maximum atomic E-state index is 12.2. The standard InChI is InChI=1S/C22H17N3O2/c23-15-19(22(26)25-21-8-4-5-13-24-21)14-17-9-11-20(12-10-17)27-16-18-6-2-1-3-7-18/h1-14H,16H2,(H,24,25,26). The van der Waals surface area contributed by atoms with Crippen LogP contribution in [0.3, 0.4) is 0 Å². The molecule has 132 valence electrons. The van der Waals surface area contributed by atoms with Gasteiger partial charge in [0.15, 0.2) is 0 Å². The molecule has 0 spiro atoms. The average Bonchev–Trinajstić information content (AvgIpc) is 2.73. The summed E-state index contributed by atoms with van der Waals surface area (Å²) >= 11 is 0. The van der Waals surface area contributed by atoms with Gasteiger partial charge in [-0.05, 0) is 41.5 Å². The average molecular weight is 355 g/mol. The molecule has 0 aliphatic carbocycles. The number of anilines is 1. The Balaban J connectivity index is 1.64. The summed E-state index contributed by atoms with van der Waals surface area (Å²) in [6, 6.07) is 24.2. The maximum Gasteiger partial charge on any atom is 0.267 e. The Morgan fingerprint density at radius 2 is 1.78 bits per heavy atom. The minimum Gasteiger partial charge on any atom is -0.489 e. The predicted octanol–water partition coefficient (Wildman–Crippen LogP) is 4.21. The number of nitrogens with zero attached hydrogens (tertiary/aromatic N) is 2. The Labute approximate surface area is 157 Å². The van der Waals surface area contributed by atoms with Gasteiger partial charge in [-0.15, -0.1) is 0 Å². The van der Waals surface area contributed by atoms with Crippen molar-refractivity contribution < 1.29 is 9.53 Å². The maximum absolute atomic E-state index is 12.2. The Bertz CT molecular complexity index is 960. The van der Waals surface area contributed by atoms with Gasteiger partial charge >= 0.3 is 0 Å². The number of nitriles is 1. The number of nitrogens with one attached hydrogen (secondary N) is 1. The number of hydrogen-bond donors (Lipinski definition) is 1. The topological polar surface area (TPSA) is 75.0 Å². The highest BCUT2D eigenvalue weighted by Gasteiger charge is 2.10. The monoisotopic (exact) mass is 355 g/mol. The normalized spacial score (nSPS) is 10.7. The van der Waals surface area contributed by atoms with Gasteiger partial charge in [0.2, 0.25) is 0 Å². The van der Waals surface area contributed by atoms with E-state index in [0.29, 0.717) is 18.2 Å². The summed E-state index contributed by atoms with van der Waals surface area (Å²) in [5.74, 6) is 0.612. The minimum atomic E-state index is -0.499. The number of aromatic nitrogens is 1. The van der Waals surface area contributed by atoms with Crippen LogP contribution in [0.1, 0.15) is 11.1 Å². The zero-order valence-corrected chi connectivity index (χ0v) is 14.5. The molecule has 1 N–H and O–H groups in total. The van der Waals surface area contributed by atoms with Gasteiger partial charge in [0.1, 0.15) is 29.8 Å². The van der Waals surface area contributed by atoms with Crippen LogP contribution in [0.4, 0.5) is 5.82 Å². The number of ether oxygens (including phenoxy) is 1. The molecule has 0 bridgehead atoms. The third kappa shape index (κ3) is 5.28. The van der Waals surface area contributed by atoms with E-state index < -0.39 is 5.91 Å². The minimum absolute atomic E-state index is 0.00129. The lowest BCUT2D eigenvalue weighted by Crippen LogP contribution is -2.14. The molecule has 0 atom stereocenters. The van der Waals surface area contributed by atoms with Crippen molar-refractivity contribution in [3.8, 4) is 11.8 Å². The lowest BCUT2D eigenvalue weighted by Gasteiger charge is -2.07. The van der Waals surface area contributed by atoms with Crippen molar-refractivity contribution in [3.63, 3.8) is 0 Å². The Morgan fingerprint density at radius 3 is 2.44 bits per heavy atom. The molecule has 3 aromatic rings. The Morgan fingerprint density at radius 1 is 1.04 bits per heavy atom. The van der Waals surface area contributed by atoms with Crippen LogP contribution < -0.4 is 10.1 Å². The van der Waals surface area contributed by atoms with E-state index in [0.717, 1.165) is 11.1 Å². The summed E-state index contributed by atoms with van der Waals surface area (Å²) in [7, 11) is 0. The largest absolute Gasteiger partial charge is 0.489 e. The van der Waals surface area contributed by atoms with Crippen LogP contribution in [0, 0.1) is 11.3 Å². The summed E-state index contributed by atoms with van der Waals surface area (Å²) in [5, 5.41) is 11.9. The van der Waals surface area contributed by atoms with Crippen molar-refractivity contribution in [1.82, 2.24) is 4.98 Å². The number of hydrogen-bond acceptors (Lipinski definition) is 4. The van der Waals surface area contributed by atoms with Gasteiger partial charge < -0.3 is 10.1 Å². The SMILES string of the molecule is N#CC(=Cc1ccc(OCc2ccccc2)cc1)C(=O)Nc1ccccn1. The summed E-state index contributed by atoms with van der Waals surface area (Å²) in [4.78, 5) is 16.2. The second-order valence-corrected chi connectivity index (χ2v) is 5.68.